The van der Waals surface area contributed by atoms with Crippen molar-refractivity contribution in [2.24, 2.45) is 0 Å². The fourth-order valence-electron chi connectivity index (χ4n) is 3.64. The third-order valence-corrected chi connectivity index (χ3v) is 5.97. The minimum Gasteiger partial charge on any atom is -0.236 e. The van der Waals surface area contributed by atoms with Crippen LogP contribution >= 0.6 is 12.6 Å². The SMILES string of the molecule is CCCCCCCc1cnc(-c2ccc(C(C)CCCCCC)cc2S)nc1. The highest BCUT2D eigenvalue weighted by atomic mass is 32.1. The van der Waals surface area contributed by atoms with Gasteiger partial charge in [-0.3, -0.25) is 0 Å². The molecule has 0 aliphatic heterocycles. The second-order valence-electron chi connectivity index (χ2n) is 8.11. The summed E-state index contributed by atoms with van der Waals surface area (Å²) >= 11 is 4.73. The fraction of sp³-hybridized carbons (Fsp3) is 0.600. The van der Waals surface area contributed by atoms with Gasteiger partial charge >= 0.3 is 0 Å². The van der Waals surface area contributed by atoms with Crippen LogP contribution in [-0.2, 0) is 6.42 Å². The van der Waals surface area contributed by atoms with Crippen LogP contribution in [0.4, 0.5) is 0 Å². The van der Waals surface area contributed by atoms with E-state index in [0.717, 1.165) is 22.7 Å². The largest absolute Gasteiger partial charge is 0.236 e. The molecule has 0 bridgehead atoms. The standard InChI is InChI=1S/C25H38N2S/c1-4-6-8-10-12-14-21-18-26-25(27-19-21)23-16-15-22(17-24(23)28)20(3)13-11-9-7-5-2/h15-20,28H,4-14H2,1-3H3. The first-order valence-electron chi connectivity index (χ1n) is 11.3. The summed E-state index contributed by atoms with van der Waals surface area (Å²) in [6.45, 7) is 6.83. The van der Waals surface area contributed by atoms with E-state index in [0.29, 0.717) is 5.92 Å². The zero-order chi connectivity index (χ0) is 20.2. The van der Waals surface area contributed by atoms with Crippen LogP contribution in [0.25, 0.3) is 11.4 Å². The summed E-state index contributed by atoms with van der Waals surface area (Å²) < 4.78 is 0. The van der Waals surface area contributed by atoms with Gasteiger partial charge in [-0.05, 0) is 48.4 Å². The molecule has 2 aromatic rings. The average molecular weight is 399 g/mol. The lowest BCUT2D eigenvalue weighted by Crippen LogP contribution is -1.97. The molecule has 0 N–H and O–H groups in total. The number of thiol groups is 1. The molecule has 0 saturated carbocycles. The van der Waals surface area contributed by atoms with Crippen LogP contribution in [0, 0.1) is 0 Å². The number of rotatable bonds is 13. The molecule has 28 heavy (non-hydrogen) atoms. The summed E-state index contributed by atoms with van der Waals surface area (Å²) in [5, 5.41) is 0. The van der Waals surface area contributed by atoms with Gasteiger partial charge < -0.3 is 0 Å². The van der Waals surface area contributed by atoms with Crippen LogP contribution < -0.4 is 0 Å². The molecule has 0 radical (unpaired) electrons. The summed E-state index contributed by atoms with van der Waals surface area (Å²) in [5.41, 5.74) is 3.63. The molecule has 3 heteroatoms. The third kappa shape index (κ3) is 7.58. The number of aryl methyl sites for hydroxylation is 1. The minimum absolute atomic E-state index is 0.577. The molecule has 1 aromatic heterocycles. The van der Waals surface area contributed by atoms with E-state index in [1.807, 2.05) is 12.4 Å². The minimum atomic E-state index is 0.577. The Hall–Kier alpha value is -1.35. The summed E-state index contributed by atoms with van der Waals surface area (Å²) in [4.78, 5) is 10.2. The van der Waals surface area contributed by atoms with E-state index in [1.165, 1.54) is 75.3 Å². The molecule has 154 valence electrons. The first-order chi connectivity index (χ1) is 13.7. The highest BCUT2D eigenvalue weighted by molar-refractivity contribution is 7.80. The Morgan fingerprint density at radius 3 is 2.14 bits per heavy atom. The Morgan fingerprint density at radius 1 is 0.857 bits per heavy atom. The average Bonchev–Trinajstić information content (AvgIpc) is 2.71. The second kappa shape index (κ2) is 13.0. The first kappa shape index (κ1) is 22.9. The molecule has 0 aliphatic rings. The van der Waals surface area contributed by atoms with Crippen molar-refractivity contribution in [2.45, 2.75) is 102 Å². The van der Waals surface area contributed by atoms with E-state index in [9.17, 15) is 0 Å². The molecule has 0 amide bonds. The lowest BCUT2D eigenvalue weighted by molar-refractivity contribution is 0.579. The molecule has 1 unspecified atom stereocenters. The van der Waals surface area contributed by atoms with Crippen molar-refractivity contribution in [1.82, 2.24) is 9.97 Å². The van der Waals surface area contributed by atoms with Crippen molar-refractivity contribution in [1.29, 1.82) is 0 Å². The van der Waals surface area contributed by atoms with E-state index >= 15 is 0 Å². The monoisotopic (exact) mass is 398 g/mol. The number of benzene rings is 1. The fourth-order valence-corrected chi connectivity index (χ4v) is 3.97. The lowest BCUT2D eigenvalue weighted by Gasteiger charge is -2.14. The number of hydrogen-bond acceptors (Lipinski definition) is 3. The highest BCUT2D eigenvalue weighted by Crippen LogP contribution is 2.30. The maximum Gasteiger partial charge on any atom is 0.160 e. The maximum atomic E-state index is 4.73. The van der Waals surface area contributed by atoms with Gasteiger partial charge in [0.1, 0.15) is 0 Å². The number of aromatic nitrogens is 2. The zero-order valence-corrected chi connectivity index (χ0v) is 19.0. The van der Waals surface area contributed by atoms with E-state index in [-0.39, 0.29) is 0 Å². The molecule has 0 aliphatic carbocycles. The van der Waals surface area contributed by atoms with Gasteiger partial charge in [-0.2, -0.15) is 0 Å². The van der Waals surface area contributed by atoms with Gasteiger partial charge in [0.2, 0.25) is 0 Å². The number of nitrogens with zero attached hydrogens (tertiary/aromatic N) is 2. The second-order valence-corrected chi connectivity index (χ2v) is 8.59. The van der Waals surface area contributed by atoms with E-state index in [2.05, 4.69) is 48.9 Å². The maximum absolute atomic E-state index is 4.73. The van der Waals surface area contributed by atoms with E-state index in [1.54, 1.807) is 0 Å². The quantitative estimate of drug-likeness (QED) is 0.273. The van der Waals surface area contributed by atoms with Gasteiger partial charge in [-0.15, -0.1) is 12.6 Å². The van der Waals surface area contributed by atoms with E-state index in [4.69, 9.17) is 12.6 Å². The van der Waals surface area contributed by atoms with Crippen molar-refractivity contribution in [3.05, 3.63) is 41.7 Å². The molecule has 1 heterocycles. The Bertz CT molecular complexity index is 681. The van der Waals surface area contributed by atoms with Crippen molar-refractivity contribution in [3.8, 4) is 11.4 Å². The van der Waals surface area contributed by atoms with Crippen LogP contribution in [0.5, 0.6) is 0 Å². The zero-order valence-electron chi connectivity index (χ0n) is 18.1. The molecule has 0 fully saturated rings. The molecule has 1 atom stereocenters. The van der Waals surface area contributed by atoms with E-state index < -0.39 is 0 Å². The van der Waals surface area contributed by atoms with Gasteiger partial charge in [0, 0.05) is 22.9 Å². The third-order valence-electron chi connectivity index (χ3n) is 5.60. The van der Waals surface area contributed by atoms with Gasteiger partial charge in [-0.1, -0.05) is 78.2 Å². The summed E-state index contributed by atoms with van der Waals surface area (Å²) in [6.07, 6.45) is 18.1. The van der Waals surface area contributed by atoms with Crippen LogP contribution in [0.2, 0.25) is 0 Å². The molecular formula is C25H38N2S. The van der Waals surface area contributed by atoms with Crippen molar-refractivity contribution in [2.75, 3.05) is 0 Å². The normalized spacial score (nSPS) is 12.3. The first-order valence-corrected chi connectivity index (χ1v) is 11.7. The van der Waals surface area contributed by atoms with Gasteiger partial charge in [0.05, 0.1) is 0 Å². The lowest BCUT2D eigenvalue weighted by atomic mass is 9.94. The van der Waals surface area contributed by atoms with Crippen LogP contribution in [0.1, 0.15) is 102 Å². The van der Waals surface area contributed by atoms with Gasteiger partial charge in [0.25, 0.3) is 0 Å². The number of hydrogen-bond donors (Lipinski definition) is 1. The molecule has 2 rings (SSSR count). The van der Waals surface area contributed by atoms with Crippen LogP contribution in [0.15, 0.2) is 35.5 Å². The Morgan fingerprint density at radius 2 is 1.50 bits per heavy atom. The summed E-state index contributed by atoms with van der Waals surface area (Å²) in [6, 6.07) is 6.57. The molecule has 1 aromatic carbocycles. The van der Waals surface area contributed by atoms with Crippen molar-refractivity contribution in [3.63, 3.8) is 0 Å². The highest BCUT2D eigenvalue weighted by Gasteiger charge is 2.11. The van der Waals surface area contributed by atoms with Crippen molar-refractivity contribution >= 4 is 12.6 Å². The smallest absolute Gasteiger partial charge is 0.160 e. The Kier molecular flexibility index (Phi) is 10.6. The van der Waals surface area contributed by atoms with Crippen LogP contribution in [-0.4, -0.2) is 9.97 Å². The van der Waals surface area contributed by atoms with Crippen LogP contribution in [0.3, 0.4) is 0 Å². The predicted octanol–water partition coefficient (Wildman–Crippen LogP) is 8.02. The van der Waals surface area contributed by atoms with Crippen molar-refractivity contribution < 1.29 is 0 Å². The summed E-state index contributed by atoms with van der Waals surface area (Å²) in [5.74, 6) is 1.36. The van der Waals surface area contributed by atoms with Gasteiger partial charge in [0.15, 0.2) is 5.82 Å². The topological polar surface area (TPSA) is 25.8 Å². The molecule has 0 spiro atoms. The Balaban J connectivity index is 1.92. The number of unbranched alkanes of at least 4 members (excludes halogenated alkanes) is 7. The van der Waals surface area contributed by atoms with Gasteiger partial charge in [-0.25, -0.2) is 9.97 Å². The molecule has 0 saturated heterocycles. The Labute approximate surface area is 178 Å². The summed E-state index contributed by atoms with van der Waals surface area (Å²) in [7, 11) is 0. The predicted molar refractivity (Wildman–Crippen MR) is 124 cm³/mol. The molecular weight excluding hydrogens is 360 g/mol. The molecule has 2 nitrogen and oxygen atoms in total.